The molecule has 0 heterocycles. The molecule has 8 heteroatoms. The number of amides is 1. The van der Waals surface area contributed by atoms with Crippen LogP contribution in [0.1, 0.15) is 18.9 Å². The fraction of sp³-hybridized carbons (Fsp3) is 0.300. The van der Waals surface area contributed by atoms with Gasteiger partial charge in [0.05, 0.1) is 5.69 Å². The van der Waals surface area contributed by atoms with Gasteiger partial charge in [-0.2, -0.15) is 0 Å². The number of nitrogens with one attached hydrogen (secondary N) is 3. The molecule has 150 valence electrons. The van der Waals surface area contributed by atoms with Crippen LogP contribution in [0.25, 0.3) is 0 Å². The summed E-state index contributed by atoms with van der Waals surface area (Å²) in [4.78, 5) is 16.0. The van der Waals surface area contributed by atoms with Crippen LogP contribution in [-0.4, -0.2) is 31.5 Å². The zero-order valence-electron chi connectivity index (χ0n) is 15.6. The third kappa shape index (κ3) is 6.61. The molecule has 5 nitrogen and oxygen atoms in total. The third-order valence-electron chi connectivity index (χ3n) is 3.81. The molecular formula is C20H23F3N4O. The number of benzene rings is 2. The largest absolute Gasteiger partial charge is 0.357 e. The summed E-state index contributed by atoms with van der Waals surface area (Å²) in [5, 5.41) is 8.30. The number of carbonyl (C=O) groups excluding carboxylic acids is 1. The van der Waals surface area contributed by atoms with E-state index in [0.717, 1.165) is 25.0 Å². The van der Waals surface area contributed by atoms with Crippen LogP contribution in [0.4, 0.5) is 18.9 Å². The summed E-state index contributed by atoms with van der Waals surface area (Å²) in [7, 11) is 0. The molecule has 0 saturated heterocycles. The zero-order valence-corrected chi connectivity index (χ0v) is 15.6. The van der Waals surface area contributed by atoms with E-state index in [-0.39, 0.29) is 6.54 Å². The van der Waals surface area contributed by atoms with E-state index in [2.05, 4.69) is 33.1 Å². The van der Waals surface area contributed by atoms with Crippen LogP contribution in [0.15, 0.2) is 47.5 Å². The first-order chi connectivity index (χ1) is 13.5. The van der Waals surface area contributed by atoms with Gasteiger partial charge in [0.1, 0.15) is 6.54 Å². The van der Waals surface area contributed by atoms with Crippen molar-refractivity contribution in [1.82, 2.24) is 10.6 Å². The minimum Gasteiger partial charge on any atom is -0.357 e. The van der Waals surface area contributed by atoms with Gasteiger partial charge in [0, 0.05) is 13.1 Å². The summed E-state index contributed by atoms with van der Waals surface area (Å²) >= 11 is 0. The Morgan fingerprint density at radius 3 is 2.46 bits per heavy atom. The van der Waals surface area contributed by atoms with Crippen LogP contribution in [0.3, 0.4) is 0 Å². The second-order valence-corrected chi connectivity index (χ2v) is 5.98. The lowest BCUT2D eigenvalue weighted by Gasteiger charge is -2.11. The van der Waals surface area contributed by atoms with Crippen molar-refractivity contribution < 1.29 is 18.0 Å². The van der Waals surface area contributed by atoms with E-state index >= 15 is 0 Å². The van der Waals surface area contributed by atoms with Gasteiger partial charge >= 0.3 is 0 Å². The molecule has 2 rings (SSSR count). The summed E-state index contributed by atoms with van der Waals surface area (Å²) < 4.78 is 39.7. The molecular weight excluding hydrogens is 369 g/mol. The van der Waals surface area contributed by atoms with Crippen molar-refractivity contribution in [3.63, 3.8) is 0 Å². The molecule has 2 aromatic rings. The van der Waals surface area contributed by atoms with Crippen molar-refractivity contribution in [2.75, 3.05) is 25.0 Å². The van der Waals surface area contributed by atoms with Crippen molar-refractivity contribution in [3.05, 3.63) is 65.5 Å². The van der Waals surface area contributed by atoms with Crippen molar-refractivity contribution in [3.8, 4) is 0 Å². The molecule has 2 aromatic carbocycles. The highest BCUT2D eigenvalue weighted by molar-refractivity contribution is 5.94. The molecule has 0 aromatic heterocycles. The Hall–Kier alpha value is -3.03. The maximum atomic E-state index is 13.6. The average Bonchev–Trinajstić information content (AvgIpc) is 2.70. The molecule has 0 radical (unpaired) electrons. The topological polar surface area (TPSA) is 65.5 Å². The molecule has 0 spiro atoms. The Balaban J connectivity index is 1.83. The Kier molecular flexibility index (Phi) is 8.33. The molecule has 0 aliphatic heterocycles. The predicted molar refractivity (Wildman–Crippen MR) is 104 cm³/mol. The lowest BCUT2D eigenvalue weighted by molar-refractivity contribution is -0.114. The number of nitrogens with zero attached hydrogens (tertiary/aromatic N) is 1. The Morgan fingerprint density at radius 1 is 1.00 bits per heavy atom. The van der Waals surface area contributed by atoms with Crippen LogP contribution in [0.5, 0.6) is 0 Å². The molecule has 0 fully saturated rings. The number of aryl methyl sites for hydroxylation is 1. The molecule has 0 atom stereocenters. The van der Waals surface area contributed by atoms with E-state index in [0.29, 0.717) is 19.0 Å². The van der Waals surface area contributed by atoms with Gasteiger partial charge in [0.25, 0.3) is 0 Å². The maximum absolute atomic E-state index is 13.6. The van der Waals surface area contributed by atoms with Gasteiger partial charge in [-0.3, -0.25) is 4.79 Å². The maximum Gasteiger partial charge on any atom is 0.246 e. The minimum atomic E-state index is -1.63. The highest BCUT2D eigenvalue weighted by atomic mass is 19.2. The van der Waals surface area contributed by atoms with Crippen LogP contribution in [0, 0.1) is 17.5 Å². The predicted octanol–water partition coefficient (Wildman–Crippen LogP) is 3.23. The smallest absolute Gasteiger partial charge is 0.246 e. The first kappa shape index (κ1) is 21.3. The number of carbonyl (C=O) groups is 1. The Bertz CT molecular complexity index is 813. The number of guanidine groups is 1. The van der Waals surface area contributed by atoms with Crippen LogP contribution >= 0.6 is 0 Å². The van der Waals surface area contributed by atoms with E-state index < -0.39 is 29.0 Å². The average molecular weight is 392 g/mol. The molecule has 0 bridgehead atoms. The fourth-order valence-electron chi connectivity index (χ4n) is 2.45. The normalized spacial score (nSPS) is 11.2. The molecule has 1 amide bonds. The van der Waals surface area contributed by atoms with Gasteiger partial charge in [0.15, 0.2) is 23.4 Å². The van der Waals surface area contributed by atoms with Crippen LogP contribution in [-0.2, 0) is 11.2 Å². The van der Waals surface area contributed by atoms with Gasteiger partial charge in [-0.05, 0) is 37.5 Å². The first-order valence-electron chi connectivity index (χ1n) is 9.00. The summed E-state index contributed by atoms with van der Waals surface area (Å²) in [6.45, 7) is 2.84. The Morgan fingerprint density at radius 2 is 1.75 bits per heavy atom. The number of hydrogen-bond donors (Lipinski definition) is 3. The lowest BCUT2D eigenvalue weighted by Crippen LogP contribution is -2.38. The number of rotatable bonds is 8. The summed E-state index contributed by atoms with van der Waals surface area (Å²) in [5.41, 5.74) is 0.805. The molecule has 0 unspecified atom stereocenters. The highest BCUT2D eigenvalue weighted by Gasteiger charge is 2.15. The SMILES string of the molecule is CCNC(=NCC(=O)Nc1ccc(F)c(F)c1F)NCCCc1ccccc1. The van der Waals surface area contributed by atoms with Gasteiger partial charge in [-0.15, -0.1) is 0 Å². The van der Waals surface area contributed by atoms with E-state index in [1.54, 1.807) is 0 Å². The van der Waals surface area contributed by atoms with E-state index in [1.165, 1.54) is 5.56 Å². The van der Waals surface area contributed by atoms with Gasteiger partial charge in [0.2, 0.25) is 5.91 Å². The first-order valence-corrected chi connectivity index (χ1v) is 9.00. The monoisotopic (exact) mass is 392 g/mol. The van der Waals surface area contributed by atoms with Crippen molar-refractivity contribution >= 4 is 17.6 Å². The number of aliphatic imine (C=N–C) groups is 1. The second-order valence-electron chi connectivity index (χ2n) is 5.98. The van der Waals surface area contributed by atoms with Gasteiger partial charge in [-0.25, -0.2) is 18.2 Å². The molecule has 0 saturated carbocycles. The van der Waals surface area contributed by atoms with E-state index in [1.807, 2.05) is 25.1 Å². The van der Waals surface area contributed by atoms with Crippen LogP contribution < -0.4 is 16.0 Å². The lowest BCUT2D eigenvalue weighted by atomic mass is 10.1. The fourth-order valence-corrected chi connectivity index (χ4v) is 2.45. The van der Waals surface area contributed by atoms with Crippen molar-refractivity contribution in [1.29, 1.82) is 0 Å². The summed E-state index contributed by atoms with van der Waals surface area (Å²) in [6.07, 6.45) is 1.78. The number of hydrogen-bond acceptors (Lipinski definition) is 2. The standard InChI is InChI=1S/C20H23F3N4O/c1-2-24-20(25-12-6-9-14-7-4-3-5-8-14)26-13-17(28)27-16-11-10-15(21)18(22)19(16)23/h3-5,7-8,10-11H,2,6,9,12-13H2,1H3,(H,27,28)(H2,24,25,26). The van der Waals surface area contributed by atoms with E-state index in [9.17, 15) is 18.0 Å². The minimum absolute atomic E-state index is 0.299. The quantitative estimate of drug-likeness (QED) is 0.280. The Labute approximate surface area is 162 Å². The van der Waals surface area contributed by atoms with Crippen molar-refractivity contribution in [2.45, 2.75) is 19.8 Å². The second kappa shape index (κ2) is 11.0. The molecule has 28 heavy (non-hydrogen) atoms. The number of anilines is 1. The van der Waals surface area contributed by atoms with E-state index in [4.69, 9.17) is 0 Å². The third-order valence-corrected chi connectivity index (χ3v) is 3.81. The van der Waals surface area contributed by atoms with Crippen LogP contribution in [0.2, 0.25) is 0 Å². The number of halogens is 3. The summed E-state index contributed by atoms with van der Waals surface area (Å²) in [5.74, 6) is -4.59. The van der Waals surface area contributed by atoms with Gasteiger partial charge < -0.3 is 16.0 Å². The highest BCUT2D eigenvalue weighted by Crippen LogP contribution is 2.19. The molecule has 0 aliphatic rings. The zero-order chi connectivity index (χ0) is 20.4. The molecule has 0 aliphatic carbocycles. The summed E-state index contributed by atoms with van der Waals surface area (Å²) in [6, 6.07) is 11.8. The van der Waals surface area contributed by atoms with Gasteiger partial charge in [-0.1, -0.05) is 30.3 Å². The molecule has 3 N–H and O–H groups in total. The van der Waals surface area contributed by atoms with Crippen molar-refractivity contribution in [2.24, 2.45) is 4.99 Å².